The first kappa shape index (κ1) is 15.6. The third-order valence-corrected chi connectivity index (χ3v) is 2.97. The quantitative estimate of drug-likeness (QED) is 0.793. The van der Waals surface area contributed by atoms with Crippen LogP contribution >= 0.6 is 0 Å². The van der Waals surface area contributed by atoms with Gasteiger partial charge in [0.1, 0.15) is 0 Å². The first-order chi connectivity index (χ1) is 9.08. The lowest BCUT2D eigenvalue weighted by molar-refractivity contribution is -0.130. The minimum atomic E-state index is 0.117. The van der Waals surface area contributed by atoms with Gasteiger partial charge >= 0.3 is 0 Å². The Labute approximate surface area is 115 Å². The van der Waals surface area contributed by atoms with E-state index in [2.05, 4.69) is 16.8 Å². The molecule has 1 amide bonds. The Hall–Kier alpha value is -1.46. The molecule has 1 aromatic rings. The van der Waals surface area contributed by atoms with Crippen LogP contribution in [0.2, 0.25) is 0 Å². The molecule has 0 unspecified atom stereocenters. The number of aromatic nitrogens is 1. The van der Waals surface area contributed by atoms with Gasteiger partial charge in [-0.1, -0.05) is 13.0 Å². The third kappa shape index (κ3) is 4.96. The van der Waals surface area contributed by atoms with Crippen LogP contribution in [0.1, 0.15) is 24.6 Å². The molecule has 19 heavy (non-hydrogen) atoms. The Kier molecular flexibility index (Phi) is 6.45. The van der Waals surface area contributed by atoms with Crippen LogP contribution in [-0.4, -0.2) is 47.9 Å². The number of rotatable bonds is 7. The fraction of sp³-hybridized carbons (Fsp3) is 0.571. The summed E-state index contributed by atoms with van der Waals surface area (Å²) in [6, 6.07) is 3.93. The molecule has 5 heteroatoms. The standard InChI is InChI=1S/C14H24N4O/c1-4-8-18(11-14(19)17(2)3)10-12-6-5-7-16-13(12)9-15/h5-7H,4,8-11,15H2,1-3H3. The fourth-order valence-electron chi connectivity index (χ4n) is 1.90. The number of carbonyl (C=O) groups excluding carboxylic acids is 1. The van der Waals surface area contributed by atoms with Gasteiger partial charge in [0.2, 0.25) is 5.91 Å². The van der Waals surface area contributed by atoms with Crippen molar-refractivity contribution in [1.82, 2.24) is 14.8 Å². The molecular formula is C14H24N4O. The molecule has 1 aromatic heterocycles. The van der Waals surface area contributed by atoms with Crippen LogP contribution in [0.3, 0.4) is 0 Å². The van der Waals surface area contributed by atoms with Crippen molar-refractivity contribution in [2.24, 2.45) is 5.73 Å². The number of carbonyl (C=O) groups is 1. The maximum absolute atomic E-state index is 11.8. The molecule has 0 spiro atoms. The van der Waals surface area contributed by atoms with Crippen LogP contribution in [0.5, 0.6) is 0 Å². The van der Waals surface area contributed by atoms with Crippen molar-refractivity contribution >= 4 is 5.91 Å². The molecule has 106 valence electrons. The SMILES string of the molecule is CCCN(CC(=O)N(C)C)Cc1cccnc1CN. The smallest absolute Gasteiger partial charge is 0.236 e. The average Bonchev–Trinajstić information content (AvgIpc) is 2.39. The van der Waals surface area contributed by atoms with Crippen molar-refractivity contribution in [3.63, 3.8) is 0 Å². The van der Waals surface area contributed by atoms with Crippen molar-refractivity contribution in [2.75, 3.05) is 27.2 Å². The van der Waals surface area contributed by atoms with Crippen LogP contribution in [-0.2, 0) is 17.9 Å². The molecule has 0 saturated heterocycles. The summed E-state index contributed by atoms with van der Waals surface area (Å²) in [6.45, 7) is 4.57. The van der Waals surface area contributed by atoms with Gasteiger partial charge in [-0.2, -0.15) is 0 Å². The Morgan fingerprint density at radius 2 is 2.16 bits per heavy atom. The lowest BCUT2D eigenvalue weighted by Gasteiger charge is -2.23. The van der Waals surface area contributed by atoms with Gasteiger partial charge in [-0.15, -0.1) is 0 Å². The minimum absolute atomic E-state index is 0.117. The van der Waals surface area contributed by atoms with Crippen molar-refractivity contribution < 1.29 is 4.79 Å². The molecule has 0 fully saturated rings. The van der Waals surface area contributed by atoms with E-state index in [1.54, 1.807) is 25.2 Å². The summed E-state index contributed by atoms with van der Waals surface area (Å²) < 4.78 is 0. The van der Waals surface area contributed by atoms with E-state index in [9.17, 15) is 4.79 Å². The predicted molar refractivity (Wildman–Crippen MR) is 76.4 cm³/mol. The van der Waals surface area contributed by atoms with E-state index >= 15 is 0 Å². The Bertz CT molecular complexity index is 406. The summed E-state index contributed by atoms with van der Waals surface area (Å²) in [5, 5.41) is 0. The molecule has 1 heterocycles. The van der Waals surface area contributed by atoms with Crippen LogP contribution in [0.25, 0.3) is 0 Å². The number of nitrogens with zero attached hydrogens (tertiary/aromatic N) is 3. The summed E-state index contributed by atoms with van der Waals surface area (Å²) >= 11 is 0. The molecule has 0 aliphatic carbocycles. The molecule has 0 aliphatic rings. The Morgan fingerprint density at radius 3 is 2.74 bits per heavy atom. The molecule has 0 radical (unpaired) electrons. The second kappa shape index (κ2) is 7.86. The van der Waals surface area contributed by atoms with E-state index < -0.39 is 0 Å². The largest absolute Gasteiger partial charge is 0.348 e. The van der Waals surface area contributed by atoms with Crippen molar-refractivity contribution in [1.29, 1.82) is 0 Å². The Balaban J connectivity index is 2.74. The molecular weight excluding hydrogens is 240 g/mol. The maximum atomic E-state index is 11.8. The second-order valence-electron chi connectivity index (χ2n) is 4.81. The number of hydrogen-bond acceptors (Lipinski definition) is 4. The topological polar surface area (TPSA) is 62.5 Å². The third-order valence-electron chi connectivity index (χ3n) is 2.97. The first-order valence-corrected chi connectivity index (χ1v) is 6.63. The zero-order valence-electron chi connectivity index (χ0n) is 12.1. The second-order valence-corrected chi connectivity index (χ2v) is 4.81. The van der Waals surface area contributed by atoms with Crippen LogP contribution in [0.4, 0.5) is 0 Å². The summed E-state index contributed by atoms with van der Waals surface area (Å²) in [4.78, 5) is 19.9. The predicted octanol–water partition coefficient (Wildman–Crippen LogP) is 0.840. The van der Waals surface area contributed by atoms with Gasteiger partial charge < -0.3 is 10.6 Å². The monoisotopic (exact) mass is 264 g/mol. The highest BCUT2D eigenvalue weighted by atomic mass is 16.2. The zero-order chi connectivity index (χ0) is 14.3. The van der Waals surface area contributed by atoms with E-state index in [1.807, 2.05) is 12.1 Å². The van der Waals surface area contributed by atoms with Gasteiger partial charge in [-0.05, 0) is 24.6 Å². The normalized spacial score (nSPS) is 10.8. The molecule has 5 nitrogen and oxygen atoms in total. The molecule has 2 N–H and O–H groups in total. The highest BCUT2D eigenvalue weighted by Gasteiger charge is 2.13. The van der Waals surface area contributed by atoms with E-state index in [4.69, 9.17) is 5.73 Å². The van der Waals surface area contributed by atoms with E-state index in [0.29, 0.717) is 19.6 Å². The fourth-order valence-corrected chi connectivity index (χ4v) is 1.90. The van der Waals surface area contributed by atoms with Gasteiger partial charge in [-0.3, -0.25) is 14.7 Å². The summed E-state index contributed by atoms with van der Waals surface area (Å²) in [6.07, 6.45) is 2.76. The van der Waals surface area contributed by atoms with Gasteiger partial charge in [0, 0.05) is 33.4 Å². The molecule has 0 aliphatic heterocycles. The van der Waals surface area contributed by atoms with Crippen molar-refractivity contribution in [3.05, 3.63) is 29.6 Å². The molecule has 0 saturated carbocycles. The zero-order valence-corrected chi connectivity index (χ0v) is 12.1. The van der Waals surface area contributed by atoms with Crippen molar-refractivity contribution in [2.45, 2.75) is 26.4 Å². The minimum Gasteiger partial charge on any atom is -0.348 e. The Morgan fingerprint density at radius 1 is 1.42 bits per heavy atom. The summed E-state index contributed by atoms with van der Waals surface area (Å²) in [5.41, 5.74) is 7.70. The number of amides is 1. The molecule has 0 atom stereocenters. The van der Waals surface area contributed by atoms with Gasteiger partial charge in [0.15, 0.2) is 0 Å². The lowest BCUT2D eigenvalue weighted by Crippen LogP contribution is -2.37. The highest BCUT2D eigenvalue weighted by molar-refractivity contribution is 5.77. The highest BCUT2D eigenvalue weighted by Crippen LogP contribution is 2.09. The lowest BCUT2D eigenvalue weighted by atomic mass is 10.1. The molecule has 0 bridgehead atoms. The van der Waals surface area contributed by atoms with Crippen LogP contribution in [0.15, 0.2) is 18.3 Å². The number of pyridine rings is 1. The molecule has 1 rings (SSSR count). The maximum Gasteiger partial charge on any atom is 0.236 e. The number of likely N-dealkylation sites (N-methyl/N-ethyl adjacent to an activating group) is 1. The van der Waals surface area contributed by atoms with Gasteiger partial charge in [0.25, 0.3) is 0 Å². The summed E-state index contributed by atoms with van der Waals surface area (Å²) in [7, 11) is 3.56. The van der Waals surface area contributed by atoms with Crippen molar-refractivity contribution in [3.8, 4) is 0 Å². The number of nitrogens with two attached hydrogens (primary N) is 1. The van der Waals surface area contributed by atoms with Gasteiger partial charge in [-0.25, -0.2) is 0 Å². The first-order valence-electron chi connectivity index (χ1n) is 6.63. The van der Waals surface area contributed by atoms with E-state index in [0.717, 1.165) is 24.2 Å². The van der Waals surface area contributed by atoms with Gasteiger partial charge in [0.05, 0.1) is 12.2 Å². The van der Waals surface area contributed by atoms with Crippen LogP contribution < -0.4 is 5.73 Å². The van der Waals surface area contributed by atoms with Crippen LogP contribution in [0, 0.1) is 0 Å². The number of hydrogen-bond donors (Lipinski definition) is 1. The van der Waals surface area contributed by atoms with E-state index in [-0.39, 0.29) is 5.91 Å². The summed E-state index contributed by atoms with van der Waals surface area (Å²) in [5.74, 6) is 0.117. The van der Waals surface area contributed by atoms with E-state index in [1.165, 1.54) is 0 Å². The molecule has 0 aromatic carbocycles. The average molecular weight is 264 g/mol.